The molecule has 2 unspecified atom stereocenters. The summed E-state index contributed by atoms with van der Waals surface area (Å²) in [6.45, 7) is 7.97. The molecule has 1 heterocycles. The van der Waals surface area contributed by atoms with Crippen LogP contribution >= 0.6 is 0 Å². The lowest BCUT2D eigenvalue weighted by atomic mass is 9.92. The molecule has 1 saturated heterocycles. The van der Waals surface area contributed by atoms with Crippen molar-refractivity contribution in [3.8, 4) is 0 Å². The molecule has 0 aromatic heterocycles. The van der Waals surface area contributed by atoms with Crippen molar-refractivity contribution in [3.05, 3.63) is 0 Å². The molecule has 1 aliphatic rings. The van der Waals surface area contributed by atoms with Gasteiger partial charge in [0.05, 0.1) is 6.10 Å². The van der Waals surface area contributed by atoms with E-state index in [9.17, 15) is 5.11 Å². The van der Waals surface area contributed by atoms with Crippen molar-refractivity contribution in [2.45, 2.75) is 97.0 Å². The molecule has 0 aromatic rings. The molecule has 1 fully saturated rings. The molecule has 0 spiro atoms. The molecule has 0 saturated carbocycles. The number of aliphatic hydroxyl groups is 1. The zero-order chi connectivity index (χ0) is 15.3. The van der Waals surface area contributed by atoms with Crippen molar-refractivity contribution in [2.24, 2.45) is 5.92 Å². The zero-order valence-electron chi connectivity index (χ0n) is 14.7. The highest BCUT2D eigenvalue weighted by Gasteiger charge is 2.25. The summed E-state index contributed by atoms with van der Waals surface area (Å²) in [7, 11) is 0. The zero-order valence-corrected chi connectivity index (χ0v) is 14.7. The second-order valence-electron chi connectivity index (χ2n) is 7.01. The van der Waals surface area contributed by atoms with Gasteiger partial charge in [0.2, 0.25) is 0 Å². The lowest BCUT2D eigenvalue weighted by Gasteiger charge is -2.35. The van der Waals surface area contributed by atoms with Crippen molar-refractivity contribution in [1.82, 2.24) is 4.90 Å². The molecule has 21 heavy (non-hydrogen) atoms. The normalized spacial score (nSPS) is 23.6. The SMILES string of the molecule is CCCCCCCCCCCCN1CCC(O)C(CC)C1. The van der Waals surface area contributed by atoms with E-state index in [0.717, 1.165) is 25.9 Å². The molecule has 2 heteroatoms. The molecule has 126 valence electrons. The van der Waals surface area contributed by atoms with E-state index < -0.39 is 0 Å². The predicted octanol–water partition coefficient (Wildman–Crippen LogP) is 5.00. The number of likely N-dealkylation sites (tertiary alicyclic amines) is 1. The fourth-order valence-electron chi connectivity index (χ4n) is 3.52. The van der Waals surface area contributed by atoms with E-state index in [1.165, 1.54) is 70.8 Å². The molecular formula is C19H39NO. The second kappa shape index (κ2) is 12.5. The summed E-state index contributed by atoms with van der Waals surface area (Å²) in [6, 6.07) is 0. The van der Waals surface area contributed by atoms with Gasteiger partial charge in [0.1, 0.15) is 0 Å². The van der Waals surface area contributed by atoms with Crippen LogP contribution in [0.4, 0.5) is 0 Å². The Bertz CT molecular complexity index is 232. The van der Waals surface area contributed by atoms with E-state index in [4.69, 9.17) is 0 Å². The topological polar surface area (TPSA) is 23.5 Å². The van der Waals surface area contributed by atoms with Crippen molar-refractivity contribution in [3.63, 3.8) is 0 Å². The summed E-state index contributed by atoms with van der Waals surface area (Å²) >= 11 is 0. The summed E-state index contributed by atoms with van der Waals surface area (Å²) in [5.41, 5.74) is 0. The number of hydrogen-bond donors (Lipinski definition) is 1. The van der Waals surface area contributed by atoms with Gasteiger partial charge in [-0.3, -0.25) is 0 Å². The van der Waals surface area contributed by atoms with E-state index in [0.29, 0.717) is 5.92 Å². The van der Waals surface area contributed by atoms with Gasteiger partial charge in [-0.1, -0.05) is 71.6 Å². The highest BCUT2D eigenvalue weighted by molar-refractivity contribution is 4.78. The van der Waals surface area contributed by atoms with Crippen LogP contribution in [0, 0.1) is 5.92 Å². The quantitative estimate of drug-likeness (QED) is 0.512. The van der Waals surface area contributed by atoms with Gasteiger partial charge in [-0.25, -0.2) is 0 Å². The molecule has 1 aliphatic heterocycles. The Morgan fingerprint density at radius 2 is 1.43 bits per heavy atom. The highest BCUT2D eigenvalue weighted by atomic mass is 16.3. The van der Waals surface area contributed by atoms with Crippen LogP contribution in [0.3, 0.4) is 0 Å². The van der Waals surface area contributed by atoms with Gasteiger partial charge in [0, 0.05) is 13.1 Å². The second-order valence-corrected chi connectivity index (χ2v) is 7.01. The molecule has 1 N–H and O–H groups in total. The third-order valence-electron chi connectivity index (χ3n) is 5.13. The van der Waals surface area contributed by atoms with Gasteiger partial charge in [-0.05, 0) is 31.7 Å². The van der Waals surface area contributed by atoms with E-state index in [1.807, 2.05) is 0 Å². The Morgan fingerprint density at radius 3 is 2.00 bits per heavy atom. The third-order valence-corrected chi connectivity index (χ3v) is 5.13. The van der Waals surface area contributed by atoms with Crippen LogP contribution in [0.2, 0.25) is 0 Å². The standard InChI is InChI=1S/C19H39NO/c1-3-5-6-7-8-9-10-11-12-13-15-20-16-14-19(21)18(4-2)17-20/h18-19,21H,3-17H2,1-2H3. The molecule has 2 nitrogen and oxygen atoms in total. The Hall–Kier alpha value is -0.0800. The van der Waals surface area contributed by atoms with Gasteiger partial charge in [0.15, 0.2) is 0 Å². The van der Waals surface area contributed by atoms with Crippen LogP contribution in [0.15, 0.2) is 0 Å². The first kappa shape index (κ1) is 19.0. The third kappa shape index (κ3) is 8.83. The van der Waals surface area contributed by atoms with E-state index >= 15 is 0 Å². The summed E-state index contributed by atoms with van der Waals surface area (Å²) in [5, 5.41) is 9.91. The van der Waals surface area contributed by atoms with Crippen LogP contribution in [-0.4, -0.2) is 35.7 Å². The summed E-state index contributed by atoms with van der Waals surface area (Å²) in [5.74, 6) is 0.516. The highest BCUT2D eigenvalue weighted by Crippen LogP contribution is 2.20. The van der Waals surface area contributed by atoms with Crippen LogP contribution < -0.4 is 0 Å². The summed E-state index contributed by atoms with van der Waals surface area (Å²) < 4.78 is 0. The lowest BCUT2D eigenvalue weighted by molar-refractivity contribution is 0.0246. The van der Waals surface area contributed by atoms with Crippen molar-refractivity contribution >= 4 is 0 Å². The van der Waals surface area contributed by atoms with Gasteiger partial charge in [0.25, 0.3) is 0 Å². The fraction of sp³-hybridized carbons (Fsp3) is 1.00. The van der Waals surface area contributed by atoms with Crippen LogP contribution in [0.5, 0.6) is 0 Å². The Morgan fingerprint density at radius 1 is 0.857 bits per heavy atom. The average Bonchev–Trinajstić information content (AvgIpc) is 2.50. The van der Waals surface area contributed by atoms with Gasteiger partial charge in [-0.2, -0.15) is 0 Å². The molecule has 0 radical (unpaired) electrons. The largest absolute Gasteiger partial charge is 0.393 e. The number of piperidine rings is 1. The average molecular weight is 298 g/mol. The number of hydrogen-bond acceptors (Lipinski definition) is 2. The molecule has 0 bridgehead atoms. The Kier molecular flexibility index (Phi) is 11.3. The van der Waals surface area contributed by atoms with Crippen LogP contribution in [0.25, 0.3) is 0 Å². The number of rotatable bonds is 12. The minimum Gasteiger partial charge on any atom is -0.393 e. The molecular weight excluding hydrogens is 258 g/mol. The Balaban J connectivity index is 1.88. The van der Waals surface area contributed by atoms with Gasteiger partial charge < -0.3 is 10.0 Å². The molecule has 0 aromatic carbocycles. The first-order chi connectivity index (χ1) is 10.3. The van der Waals surface area contributed by atoms with E-state index in [-0.39, 0.29) is 6.10 Å². The number of nitrogens with zero attached hydrogens (tertiary/aromatic N) is 1. The van der Waals surface area contributed by atoms with Crippen LogP contribution in [-0.2, 0) is 0 Å². The number of aliphatic hydroxyl groups excluding tert-OH is 1. The molecule has 0 amide bonds. The first-order valence-electron chi connectivity index (χ1n) is 9.68. The maximum atomic E-state index is 9.91. The molecule has 1 rings (SSSR count). The molecule has 2 atom stereocenters. The van der Waals surface area contributed by atoms with Crippen LogP contribution in [0.1, 0.15) is 90.9 Å². The maximum absolute atomic E-state index is 9.91. The van der Waals surface area contributed by atoms with Crippen molar-refractivity contribution in [2.75, 3.05) is 19.6 Å². The number of unbranched alkanes of at least 4 members (excludes halogenated alkanes) is 9. The predicted molar refractivity (Wildman–Crippen MR) is 92.7 cm³/mol. The Labute approximate surface area is 133 Å². The summed E-state index contributed by atoms with van der Waals surface area (Å²) in [4.78, 5) is 2.58. The molecule has 0 aliphatic carbocycles. The van der Waals surface area contributed by atoms with E-state index in [1.54, 1.807) is 0 Å². The first-order valence-corrected chi connectivity index (χ1v) is 9.68. The van der Waals surface area contributed by atoms with Crippen molar-refractivity contribution in [1.29, 1.82) is 0 Å². The monoisotopic (exact) mass is 297 g/mol. The lowest BCUT2D eigenvalue weighted by Crippen LogP contribution is -2.43. The van der Waals surface area contributed by atoms with Gasteiger partial charge in [-0.15, -0.1) is 0 Å². The maximum Gasteiger partial charge on any atom is 0.0592 e. The minimum atomic E-state index is -0.0426. The fourth-order valence-corrected chi connectivity index (χ4v) is 3.52. The van der Waals surface area contributed by atoms with E-state index in [2.05, 4.69) is 18.7 Å². The smallest absolute Gasteiger partial charge is 0.0592 e. The summed E-state index contributed by atoms with van der Waals surface area (Å²) in [6.07, 6.45) is 16.2. The van der Waals surface area contributed by atoms with Gasteiger partial charge >= 0.3 is 0 Å². The minimum absolute atomic E-state index is 0.0426. The van der Waals surface area contributed by atoms with Crippen molar-refractivity contribution < 1.29 is 5.11 Å².